The maximum Gasteiger partial charge on any atom is 0.317 e. The van der Waals surface area contributed by atoms with Crippen LogP contribution < -0.4 is 5.32 Å². The zero-order chi connectivity index (χ0) is 19.6. The Labute approximate surface area is 163 Å². The van der Waals surface area contributed by atoms with Crippen molar-refractivity contribution in [2.45, 2.75) is 44.9 Å². The minimum Gasteiger partial charge on any atom is -0.390 e. The maximum atomic E-state index is 12.5. The number of nitrogens with one attached hydrogen (secondary N) is 1. The number of nitrogens with zero attached hydrogens (tertiary/aromatic N) is 3. The highest BCUT2D eigenvalue weighted by Gasteiger charge is 2.38. The SMILES string of the molecule is CN1CCN([C@H]2CN(C(=O)NCc3ccc(C(C)(C)C)cc3)C[C@@H]2O)CC1. The van der Waals surface area contributed by atoms with Crippen molar-refractivity contribution in [1.82, 2.24) is 20.0 Å². The summed E-state index contributed by atoms with van der Waals surface area (Å²) in [5.41, 5.74) is 2.51. The number of benzene rings is 1. The third-order valence-electron chi connectivity index (χ3n) is 5.82. The Morgan fingerprint density at radius 3 is 2.33 bits per heavy atom. The smallest absolute Gasteiger partial charge is 0.317 e. The van der Waals surface area contributed by atoms with Gasteiger partial charge in [-0.3, -0.25) is 4.90 Å². The van der Waals surface area contributed by atoms with Gasteiger partial charge in [0.05, 0.1) is 12.1 Å². The predicted octanol–water partition coefficient (Wildman–Crippen LogP) is 1.49. The van der Waals surface area contributed by atoms with E-state index in [0.717, 1.165) is 31.7 Å². The van der Waals surface area contributed by atoms with Crippen molar-refractivity contribution in [2.24, 2.45) is 0 Å². The van der Waals surface area contributed by atoms with Gasteiger partial charge in [-0.2, -0.15) is 0 Å². The number of carbonyl (C=O) groups excluding carboxylic acids is 1. The standard InChI is InChI=1S/C21H34N4O2/c1-21(2,3)17-7-5-16(6-8-17)13-22-20(27)25-14-18(19(26)15-25)24-11-9-23(4)10-12-24/h5-8,18-19,26H,9-15H2,1-4H3,(H,22,27)/t18-,19-/m0/s1. The molecule has 0 radical (unpaired) electrons. The van der Waals surface area contributed by atoms with Crippen molar-refractivity contribution < 1.29 is 9.90 Å². The molecule has 0 spiro atoms. The Bertz CT molecular complexity index is 633. The lowest BCUT2D eigenvalue weighted by Crippen LogP contribution is -2.52. The van der Waals surface area contributed by atoms with E-state index in [9.17, 15) is 9.90 Å². The van der Waals surface area contributed by atoms with Crippen LogP contribution in [0.15, 0.2) is 24.3 Å². The molecule has 150 valence electrons. The summed E-state index contributed by atoms with van der Waals surface area (Å²) in [6.45, 7) is 12.0. The summed E-state index contributed by atoms with van der Waals surface area (Å²) in [6.07, 6.45) is -0.467. The molecule has 0 saturated carbocycles. The van der Waals surface area contributed by atoms with Crippen LogP contribution in [-0.2, 0) is 12.0 Å². The summed E-state index contributed by atoms with van der Waals surface area (Å²) >= 11 is 0. The van der Waals surface area contributed by atoms with Gasteiger partial charge in [0.25, 0.3) is 0 Å². The van der Waals surface area contributed by atoms with Gasteiger partial charge in [0.1, 0.15) is 0 Å². The second-order valence-electron chi connectivity index (χ2n) is 8.98. The summed E-state index contributed by atoms with van der Waals surface area (Å²) in [5, 5.41) is 13.4. The van der Waals surface area contributed by atoms with Crippen molar-refractivity contribution in [3.05, 3.63) is 35.4 Å². The minimum atomic E-state index is -0.467. The fraction of sp³-hybridized carbons (Fsp3) is 0.667. The number of hydrogen-bond donors (Lipinski definition) is 2. The molecule has 2 aliphatic rings. The summed E-state index contributed by atoms with van der Waals surface area (Å²) in [7, 11) is 2.12. The zero-order valence-corrected chi connectivity index (χ0v) is 17.1. The lowest BCUT2D eigenvalue weighted by atomic mass is 9.87. The van der Waals surface area contributed by atoms with Crippen LogP contribution in [0.1, 0.15) is 31.9 Å². The molecule has 0 aromatic heterocycles. The fourth-order valence-corrected chi connectivity index (χ4v) is 3.86. The molecule has 2 fully saturated rings. The average Bonchev–Trinajstić information content (AvgIpc) is 3.02. The number of hydrogen-bond acceptors (Lipinski definition) is 4. The van der Waals surface area contributed by atoms with E-state index in [2.05, 4.69) is 67.2 Å². The van der Waals surface area contributed by atoms with Crippen LogP contribution >= 0.6 is 0 Å². The van der Waals surface area contributed by atoms with Gasteiger partial charge in [-0.05, 0) is 23.6 Å². The second kappa shape index (κ2) is 8.17. The number of aliphatic hydroxyl groups excluding tert-OH is 1. The van der Waals surface area contributed by atoms with Crippen molar-refractivity contribution >= 4 is 6.03 Å². The third kappa shape index (κ3) is 5.00. The molecule has 2 saturated heterocycles. The maximum absolute atomic E-state index is 12.5. The molecule has 2 heterocycles. The molecular weight excluding hydrogens is 340 g/mol. The van der Waals surface area contributed by atoms with E-state index in [4.69, 9.17) is 0 Å². The van der Waals surface area contributed by atoms with E-state index in [1.165, 1.54) is 5.56 Å². The topological polar surface area (TPSA) is 59.0 Å². The highest BCUT2D eigenvalue weighted by Crippen LogP contribution is 2.22. The Kier molecular flexibility index (Phi) is 6.08. The first-order valence-corrected chi connectivity index (χ1v) is 9.97. The van der Waals surface area contributed by atoms with Gasteiger partial charge >= 0.3 is 6.03 Å². The van der Waals surface area contributed by atoms with Crippen molar-refractivity contribution in [2.75, 3.05) is 46.3 Å². The first-order valence-electron chi connectivity index (χ1n) is 9.97. The lowest BCUT2D eigenvalue weighted by molar-refractivity contribution is 0.0512. The Balaban J connectivity index is 1.50. The van der Waals surface area contributed by atoms with Crippen LogP contribution in [-0.4, -0.2) is 84.3 Å². The number of urea groups is 1. The van der Waals surface area contributed by atoms with Crippen LogP contribution in [0, 0.1) is 0 Å². The molecule has 2 amide bonds. The predicted molar refractivity (Wildman–Crippen MR) is 108 cm³/mol. The Hall–Kier alpha value is -1.63. The molecule has 3 rings (SSSR count). The van der Waals surface area contributed by atoms with E-state index in [0.29, 0.717) is 19.6 Å². The van der Waals surface area contributed by atoms with Gasteiger partial charge in [0.15, 0.2) is 0 Å². The number of likely N-dealkylation sites (tertiary alicyclic amines) is 1. The Morgan fingerprint density at radius 1 is 1.11 bits per heavy atom. The van der Waals surface area contributed by atoms with Crippen LogP contribution in [0.4, 0.5) is 4.79 Å². The van der Waals surface area contributed by atoms with Crippen molar-refractivity contribution in [3.63, 3.8) is 0 Å². The fourth-order valence-electron chi connectivity index (χ4n) is 3.86. The lowest BCUT2D eigenvalue weighted by Gasteiger charge is -2.37. The number of β-amino-alcohol motifs (C(OH)–C–C–N with tert-alkyl or cyclic N) is 1. The first kappa shape index (κ1) is 20.1. The first-order chi connectivity index (χ1) is 12.7. The number of aliphatic hydroxyl groups is 1. The summed E-state index contributed by atoms with van der Waals surface area (Å²) < 4.78 is 0. The van der Waals surface area contributed by atoms with Gasteiger partial charge in [-0.25, -0.2) is 4.79 Å². The molecule has 0 unspecified atom stereocenters. The highest BCUT2D eigenvalue weighted by molar-refractivity contribution is 5.74. The summed E-state index contributed by atoms with van der Waals surface area (Å²) in [5.74, 6) is 0. The molecule has 0 aliphatic carbocycles. The zero-order valence-electron chi connectivity index (χ0n) is 17.1. The van der Waals surface area contributed by atoms with E-state index in [1.807, 2.05) is 0 Å². The van der Waals surface area contributed by atoms with E-state index >= 15 is 0 Å². The number of piperazine rings is 1. The molecule has 1 aromatic rings. The van der Waals surface area contributed by atoms with Crippen molar-refractivity contribution in [3.8, 4) is 0 Å². The third-order valence-corrected chi connectivity index (χ3v) is 5.82. The summed E-state index contributed by atoms with van der Waals surface area (Å²) in [4.78, 5) is 18.9. The number of likely N-dealkylation sites (N-methyl/N-ethyl adjacent to an activating group) is 1. The van der Waals surface area contributed by atoms with Crippen LogP contribution in [0.5, 0.6) is 0 Å². The highest BCUT2D eigenvalue weighted by atomic mass is 16.3. The largest absolute Gasteiger partial charge is 0.390 e. The van der Waals surface area contributed by atoms with Gasteiger partial charge in [-0.15, -0.1) is 0 Å². The van der Waals surface area contributed by atoms with Crippen molar-refractivity contribution in [1.29, 1.82) is 0 Å². The van der Waals surface area contributed by atoms with Gasteiger partial charge < -0.3 is 20.2 Å². The molecule has 6 heteroatoms. The van der Waals surface area contributed by atoms with Crippen LogP contribution in [0.2, 0.25) is 0 Å². The van der Waals surface area contributed by atoms with E-state index < -0.39 is 6.10 Å². The molecule has 27 heavy (non-hydrogen) atoms. The average molecular weight is 375 g/mol. The molecular formula is C21H34N4O2. The van der Waals surface area contributed by atoms with Crippen LogP contribution in [0.25, 0.3) is 0 Å². The number of carbonyl (C=O) groups is 1. The number of rotatable bonds is 3. The molecule has 1 aromatic carbocycles. The van der Waals surface area contributed by atoms with Gasteiger partial charge in [0, 0.05) is 45.8 Å². The summed E-state index contributed by atoms with van der Waals surface area (Å²) in [6, 6.07) is 8.37. The Morgan fingerprint density at radius 2 is 1.74 bits per heavy atom. The molecule has 0 bridgehead atoms. The monoisotopic (exact) mass is 374 g/mol. The molecule has 2 aliphatic heterocycles. The normalized spacial score (nSPS) is 25.0. The minimum absolute atomic E-state index is 0.0514. The van der Waals surface area contributed by atoms with Crippen LogP contribution in [0.3, 0.4) is 0 Å². The van der Waals surface area contributed by atoms with Gasteiger partial charge in [0.2, 0.25) is 0 Å². The van der Waals surface area contributed by atoms with E-state index in [-0.39, 0.29) is 17.5 Å². The number of amides is 2. The molecule has 6 nitrogen and oxygen atoms in total. The molecule has 2 atom stereocenters. The van der Waals surface area contributed by atoms with Gasteiger partial charge in [-0.1, -0.05) is 45.0 Å². The quantitative estimate of drug-likeness (QED) is 0.842. The molecule has 2 N–H and O–H groups in total. The van der Waals surface area contributed by atoms with E-state index in [1.54, 1.807) is 4.90 Å². The second-order valence-corrected chi connectivity index (χ2v) is 8.98.